The molecular formula is C5H6N2O. The maximum absolute atomic E-state index is 10.5. The van der Waals surface area contributed by atoms with E-state index in [1.54, 1.807) is 0 Å². The summed E-state index contributed by atoms with van der Waals surface area (Å²) in [5.41, 5.74) is 0. The largest absolute Gasteiger partial charge is 0.293 e. The van der Waals surface area contributed by atoms with Crippen molar-refractivity contribution in [3.05, 3.63) is 0 Å². The van der Waals surface area contributed by atoms with Gasteiger partial charge in [0.1, 0.15) is 6.34 Å². The zero-order valence-electron chi connectivity index (χ0n) is 4.37. The number of rotatable bonds is 0. The molecule has 0 aromatic rings. The molecule has 0 aliphatic carbocycles. The quantitative estimate of drug-likeness (QED) is 0.434. The smallest absolute Gasteiger partial charge is 0.175 e. The Kier molecular flexibility index (Phi) is 1.51. The predicted molar refractivity (Wildman–Crippen MR) is 31.5 cm³/mol. The van der Waals surface area contributed by atoms with Gasteiger partial charge in [0.05, 0.1) is 6.21 Å². The van der Waals surface area contributed by atoms with Crippen molar-refractivity contribution in [1.82, 2.24) is 0 Å². The van der Waals surface area contributed by atoms with Crippen LogP contribution in [0.5, 0.6) is 0 Å². The second-order valence-electron chi connectivity index (χ2n) is 1.52. The minimum atomic E-state index is 0.0579. The van der Waals surface area contributed by atoms with Gasteiger partial charge in [0, 0.05) is 13.0 Å². The number of carbonyl (C=O) groups excluding carboxylic acids is 1. The van der Waals surface area contributed by atoms with Gasteiger partial charge in [-0.05, 0) is 0 Å². The van der Waals surface area contributed by atoms with Crippen LogP contribution in [-0.4, -0.2) is 24.9 Å². The lowest BCUT2D eigenvalue weighted by Crippen LogP contribution is -1.97. The standard InChI is InChI=1S/C5H6N2O/c8-5-1-2-6-4-7-3-5/h3-4H,1-2H2. The van der Waals surface area contributed by atoms with Crippen LogP contribution in [0.1, 0.15) is 6.42 Å². The van der Waals surface area contributed by atoms with Crippen LogP contribution in [-0.2, 0) is 4.79 Å². The lowest BCUT2D eigenvalue weighted by atomic mass is 10.3. The highest BCUT2D eigenvalue weighted by atomic mass is 16.1. The Labute approximate surface area is 47.1 Å². The summed E-state index contributed by atoms with van der Waals surface area (Å²) in [4.78, 5) is 17.8. The molecule has 1 heterocycles. The van der Waals surface area contributed by atoms with Gasteiger partial charge in [-0.15, -0.1) is 0 Å². The average molecular weight is 110 g/mol. The minimum Gasteiger partial charge on any atom is -0.293 e. The second-order valence-corrected chi connectivity index (χ2v) is 1.52. The number of aliphatic imine (C=N–C) groups is 2. The maximum atomic E-state index is 10.5. The molecule has 0 radical (unpaired) electrons. The third kappa shape index (κ3) is 1.26. The Balaban J connectivity index is 2.58. The van der Waals surface area contributed by atoms with Crippen LogP contribution in [0.4, 0.5) is 0 Å². The molecule has 0 aromatic heterocycles. The van der Waals surface area contributed by atoms with Crippen molar-refractivity contribution >= 4 is 18.3 Å². The summed E-state index contributed by atoms with van der Waals surface area (Å²) in [6.45, 7) is 0.582. The molecule has 3 nitrogen and oxygen atoms in total. The summed E-state index contributed by atoms with van der Waals surface area (Å²) in [5.74, 6) is 0.0579. The van der Waals surface area contributed by atoms with Gasteiger partial charge in [0.25, 0.3) is 0 Å². The fraction of sp³-hybridized carbons (Fsp3) is 0.400. The molecule has 0 amide bonds. The van der Waals surface area contributed by atoms with E-state index in [-0.39, 0.29) is 5.78 Å². The first-order chi connectivity index (χ1) is 3.89. The van der Waals surface area contributed by atoms with E-state index in [1.807, 2.05) is 0 Å². The van der Waals surface area contributed by atoms with Crippen molar-refractivity contribution in [2.75, 3.05) is 6.54 Å². The first-order valence-electron chi connectivity index (χ1n) is 2.44. The molecule has 8 heavy (non-hydrogen) atoms. The molecular weight excluding hydrogens is 104 g/mol. The molecule has 0 atom stereocenters. The average Bonchev–Trinajstić information content (AvgIpc) is 1.94. The Hall–Kier alpha value is -0.990. The third-order valence-corrected chi connectivity index (χ3v) is 0.854. The van der Waals surface area contributed by atoms with E-state index >= 15 is 0 Å². The molecule has 0 N–H and O–H groups in total. The molecule has 0 aromatic carbocycles. The van der Waals surface area contributed by atoms with Gasteiger partial charge >= 0.3 is 0 Å². The maximum Gasteiger partial charge on any atom is 0.175 e. The highest BCUT2D eigenvalue weighted by molar-refractivity contribution is 6.28. The summed E-state index contributed by atoms with van der Waals surface area (Å²) in [5, 5.41) is 0. The molecule has 0 saturated heterocycles. The van der Waals surface area contributed by atoms with E-state index in [0.717, 1.165) is 0 Å². The zero-order chi connectivity index (χ0) is 5.82. The van der Waals surface area contributed by atoms with Crippen LogP contribution >= 0.6 is 0 Å². The molecule has 1 aliphatic rings. The van der Waals surface area contributed by atoms with Gasteiger partial charge in [-0.2, -0.15) is 0 Å². The van der Waals surface area contributed by atoms with E-state index in [4.69, 9.17) is 0 Å². The van der Waals surface area contributed by atoms with E-state index < -0.39 is 0 Å². The molecule has 0 saturated carbocycles. The number of carbonyl (C=O) groups is 1. The summed E-state index contributed by atoms with van der Waals surface area (Å²) in [6.07, 6.45) is 3.21. The Morgan fingerprint density at radius 3 is 3.38 bits per heavy atom. The van der Waals surface area contributed by atoms with Crippen LogP contribution in [0.3, 0.4) is 0 Å². The molecule has 1 rings (SSSR count). The molecule has 0 unspecified atom stereocenters. The number of ketones is 1. The Morgan fingerprint density at radius 1 is 1.62 bits per heavy atom. The molecule has 1 aliphatic heterocycles. The topological polar surface area (TPSA) is 41.8 Å². The van der Waals surface area contributed by atoms with Gasteiger partial charge in [-0.3, -0.25) is 9.79 Å². The van der Waals surface area contributed by atoms with Gasteiger partial charge in [0.15, 0.2) is 5.78 Å². The van der Waals surface area contributed by atoms with Gasteiger partial charge in [-0.1, -0.05) is 0 Å². The first kappa shape index (κ1) is 5.15. The van der Waals surface area contributed by atoms with Crippen LogP contribution in [0.2, 0.25) is 0 Å². The van der Waals surface area contributed by atoms with Gasteiger partial charge in [-0.25, -0.2) is 4.99 Å². The monoisotopic (exact) mass is 110 g/mol. The summed E-state index contributed by atoms with van der Waals surface area (Å²) in [7, 11) is 0. The van der Waals surface area contributed by atoms with Crippen molar-refractivity contribution in [1.29, 1.82) is 0 Å². The van der Waals surface area contributed by atoms with E-state index in [0.29, 0.717) is 13.0 Å². The SMILES string of the molecule is O=C1C=NC=NCC1. The van der Waals surface area contributed by atoms with Crippen LogP contribution in [0.25, 0.3) is 0 Å². The Bertz CT molecular complexity index is 149. The number of Topliss-reactive ketones (excluding diaryl/α,β-unsaturated/α-hetero) is 1. The molecule has 42 valence electrons. The molecule has 3 heteroatoms. The van der Waals surface area contributed by atoms with Crippen molar-refractivity contribution in [3.8, 4) is 0 Å². The second kappa shape index (κ2) is 2.35. The van der Waals surface area contributed by atoms with Gasteiger partial charge < -0.3 is 0 Å². The summed E-state index contributed by atoms with van der Waals surface area (Å²) < 4.78 is 0. The van der Waals surface area contributed by atoms with Crippen molar-refractivity contribution in [3.63, 3.8) is 0 Å². The summed E-state index contributed by atoms with van der Waals surface area (Å²) in [6, 6.07) is 0. The third-order valence-electron chi connectivity index (χ3n) is 0.854. The fourth-order valence-electron chi connectivity index (χ4n) is 0.461. The van der Waals surface area contributed by atoms with Crippen molar-refractivity contribution < 1.29 is 4.79 Å². The van der Waals surface area contributed by atoms with Crippen molar-refractivity contribution in [2.45, 2.75) is 6.42 Å². The van der Waals surface area contributed by atoms with Gasteiger partial charge in [0.2, 0.25) is 0 Å². The predicted octanol–water partition coefficient (Wildman–Crippen LogP) is 0.0583. The van der Waals surface area contributed by atoms with Crippen molar-refractivity contribution in [2.24, 2.45) is 9.98 Å². The number of hydrogen-bond acceptors (Lipinski definition) is 3. The highest BCUT2D eigenvalue weighted by Crippen LogP contribution is 1.84. The number of hydrogen-bond donors (Lipinski definition) is 0. The summed E-state index contributed by atoms with van der Waals surface area (Å²) >= 11 is 0. The van der Waals surface area contributed by atoms with Crippen LogP contribution in [0, 0.1) is 0 Å². The van der Waals surface area contributed by atoms with Crippen LogP contribution in [0.15, 0.2) is 9.98 Å². The van der Waals surface area contributed by atoms with E-state index in [9.17, 15) is 4.79 Å². The highest BCUT2D eigenvalue weighted by Gasteiger charge is 1.96. The fourth-order valence-corrected chi connectivity index (χ4v) is 0.461. The lowest BCUT2D eigenvalue weighted by molar-refractivity contribution is -0.112. The Morgan fingerprint density at radius 2 is 2.50 bits per heavy atom. The van der Waals surface area contributed by atoms with E-state index in [2.05, 4.69) is 9.98 Å². The molecule has 0 bridgehead atoms. The van der Waals surface area contributed by atoms with E-state index in [1.165, 1.54) is 12.6 Å². The first-order valence-corrected chi connectivity index (χ1v) is 2.44. The normalized spacial score (nSPS) is 18.8. The zero-order valence-corrected chi connectivity index (χ0v) is 4.37. The molecule has 0 fully saturated rings. The number of nitrogens with zero attached hydrogens (tertiary/aromatic N) is 2. The molecule has 0 spiro atoms. The minimum absolute atomic E-state index is 0.0579. The van der Waals surface area contributed by atoms with Crippen LogP contribution < -0.4 is 0 Å². The lowest BCUT2D eigenvalue weighted by Gasteiger charge is -1.81.